The highest BCUT2D eigenvalue weighted by Crippen LogP contribution is 2.29. The number of rotatable bonds is 7. The molecule has 0 amide bonds. The number of aromatic nitrogens is 3. The maximum Gasteiger partial charge on any atom is 0.157 e. The monoisotopic (exact) mass is 387 g/mol. The maximum atomic E-state index is 6.24. The number of nitrogens with two attached hydrogens (primary N) is 1. The molecule has 0 aliphatic carbocycles. The van der Waals surface area contributed by atoms with Gasteiger partial charge in [0.05, 0.1) is 11.7 Å². The van der Waals surface area contributed by atoms with Crippen molar-refractivity contribution in [3.05, 3.63) is 72.6 Å². The van der Waals surface area contributed by atoms with E-state index in [9.17, 15) is 0 Å². The number of benzene rings is 2. The third-order valence-corrected chi connectivity index (χ3v) is 4.82. The fraction of sp³-hybridized carbons (Fsp3) is 0.217. The summed E-state index contributed by atoms with van der Waals surface area (Å²) in [6, 6.07) is 18.3. The summed E-state index contributed by atoms with van der Waals surface area (Å²) in [6.45, 7) is 0.436. The molecule has 29 heavy (non-hydrogen) atoms. The van der Waals surface area contributed by atoms with Gasteiger partial charge in [-0.05, 0) is 35.7 Å². The number of pyridine rings is 1. The van der Waals surface area contributed by atoms with E-state index in [1.807, 2.05) is 55.5 Å². The van der Waals surface area contributed by atoms with Gasteiger partial charge in [0.25, 0.3) is 0 Å². The highest BCUT2D eigenvalue weighted by atomic mass is 16.5. The molecular weight excluding hydrogens is 362 g/mol. The number of fused-ring (bicyclic) bond motifs is 1. The topological polar surface area (TPSA) is 80.1 Å². The van der Waals surface area contributed by atoms with Crippen LogP contribution in [0.2, 0.25) is 0 Å². The summed E-state index contributed by atoms with van der Waals surface area (Å²) in [5.41, 5.74) is 10.5. The zero-order valence-corrected chi connectivity index (χ0v) is 16.7. The largest absolute Gasteiger partial charge is 0.490 e. The molecule has 0 spiro atoms. The van der Waals surface area contributed by atoms with Crippen LogP contribution < -0.4 is 15.4 Å². The fourth-order valence-corrected chi connectivity index (χ4v) is 3.36. The Morgan fingerprint density at radius 2 is 1.86 bits per heavy atom. The first-order valence-corrected chi connectivity index (χ1v) is 9.63. The molecule has 1 unspecified atom stereocenters. The number of ether oxygens (including phenoxy) is 1. The van der Waals surface area contributed by atoms with Crippen molar-refractivity contribution >= 4 is 16.7 Å². The van der Waals surface area contributed by atoms with E-state index >= 15 is 0 Å². The van der Waals surface area contributed by atoms with Crippen molar-refractivity contribution in [1.29, 1.82) is 0 Å². The predicted molar refractivity (Wildman–Crippen MR) is 117 cm³/mol. The molecule has 0 aliphatic rings. The summed E-state index contributed by atoms with van der Waals surface area (Å²) in [5, 5.41) is 8.52. The molecule has 0 fully saturated rings. The van der Waals surface area contributed by atoms with Gasteiger partial charge in [0.15, 0.2) is 5.82 Å². The smallest absolute Gasteiger partial charge is 0.157 e. The fourth-order valence-electron chi connectivity index (χ4n) is 3.36. The second kappa shape index (κ2) is 8.32. The molecule has 1 atom stereocenters. The van der Waals surface area contributed by atoms with Crippen molar-refractivity contribution in [2.45, 2.75) is 12.5 Å². The Bertz CT molecular complexity index is 1090. The second-order valence-corrected chi connectivity index (χ2v) is 7.37. The van der Waals surface area contributed by atoms with Crippen LogP contribution >= 0.6 is 0 Å². The second-order valence-electron chi connectivity index (χ2n) is 7.37. The first kappa shape index (κ1) is 19.0. The van der Waals surface area contributed by atoms with Gasteiger partial charge in [0.1, 0.15) is 12.4 Å². The zero-order valence-electron chi connectivity index (χ0n) is 16.7. The molecular formula is C23H25N5O. The lowest BCUT2D eigenvalue weighted by molar-refractivity contribution is 0.286. The summed E-state index contributed by atoms with van der Waals surface area (Å²) in [6.07, 6.45) is 4.34. The summed E-state index contributed by atoms with van der Waals surface area (Å²) >= 11 is 0. The number of nitrogens with one attached hydrogen (secondary N) is 1. The van der Waals surface area contributed by atoms with Crippen LogP contribution in [0.3, 0.4) is 0 Å². The van der Waals surface area contributed by atoms with Crippen LogP contribution in [-0.4, -0.2) is 41.9 Å². The first-order valence-electron chi connectivity index (χ1n) is 9.63. The van der Waals surface area contributed by atoms with Gasteiger partial charge in [-0.15, -0.1) is 0 Å². The van der Waals surface area contributed by atoms with E-state index in [1.165, 1.54) is 5.56 Å². The van der Waals surface area contributed by atoms with E-state index in [1.54, 1.807) is 6.20 Å². The third kappa shape index (κ3) is 4.38. The molecule has 2 heterocycles. The minimum absolute atomic E-state index is 0.0778. The maximum absolute atomic E-state index is 6.24. The van der Waals surface area contributed by atoms with Gasteiger partial charge in [-0.2, -0.15) is 5.10 Å². The lowest BCUT2D eigenvalue weighted by Gasteiger charge is -2.14. The van der Waals surface area contributed by atoms with Crippen LogP contribution in [0.5, 0.6) is 5.75 Å². The standard InChI is InChI=1S/C23H25N5O/c1-28(2)23-21-12-17(8-9-22(21)26-27-23)18-11-20(14-25-13-18)29-15-19(24)10-16-6-4-3-5-7-16/h3-9,11-14,19H,10,15,24H2,1-2H3,(H,26,27). The molecule has 2 aromatic carbocycles. The molecule has 6 heteroatoms. The Kier molecular flexibility index (Phi) is 5.44. The van der Waals surface area contributed by atoms with Gasteiger partial charge in [0, 0.05) is 37.3 Å². The van der Waals surface area contributed by atoms with E-state index < -0.39 is 0 Å². The molecule has 6 nitrogen and oxygen atoms in total. The van der Waals surface area contributed by atoms with E-state index in [0.717, 1.165) is 34.3 Å². The van der Waals surface area contributed by atoms with Gasteiger partial charge in [0.2, 0.25) is 0 Å². The highest BCUT2D eigenvalue weighted by molar-refractivity contribution is 5.93. The molecule has 148 valence electrons. The first-order chi connectivity index (χ1) is 14.1. The average Bonchev–Trinajstić information content (AvgIpc) is 3.17. The van der Waals surface area contributed by atoms with Crippen LogP contribution in [0.4, 0.5) is 5.82 Å². The Morgan fingerprint density at radius 1 is 1.03 bits per heavy atom. The number of anilines is 1. The number of hydrogen-bond acceptors (Lipinski definition) is 5. The van der Waals surface area contributed by atoms with Crippen molar-refractivity contribution in [1.82, 2.24) is 15.2 Å². The van der Waals surface area contributed by atoms with Crippen molar-refractivity contribution in [3.8, 4) is 16.9 Å². The van der Waals surface area contributed by atoms with Crippen molar-refractivity contribution in [3.63, 3.8) is 0 Å². The van der Waals surface area contributed by atoms with Crippen LogP contribution in [-0.2, 0) is 6.42 Å². The molecule has 4 rings (SSSR count). The normalized spacial score (nSPS) is 12.1. The number of nitrogens with zero attached hydrogens (tertiary/aromatic N) is 3. The third-order valence-electron chi connectivity index (χ3n) is 4.82. The number of H-pyrrole nitrogens is 1. The summed E-state index contributed by atoms with van der Waals surface area (Å²) in [7, 11) is 3.97. The van der Waals surface area contributed by atoms with Crippen LogP contribution in [0.15, 0.2) is 67.0 Å². The molecule has 2 aromatic heterocycles. The van der Waals surface area contributed by atoms with E-state index in [0.29, 0.717) is 12.4 Å². The molecule has 0 saturated heterocycles. The Morgan fingerprint density at radius 3 is 2.66 bits per heavy atom. The van der Waals surface area contributed by atoms with Gasteiger partial charge >= 0.3 is 0 Å². The lowest BCUT2D eigenvalue weighted by Crippen LogP contribution is -2.30. The summed E-state index contributed by atoms with van der Waals surface area (Å²) < 4.78 is 5.92. The quantitative estimate of drug-likeness (QED) is 0.506. The Balaban J connectivity index is 1.48. The van der Waals surface area contributed by atoms with Gasteiger partial charge < -0.3 is 15.4 Å². The molecule has 0 bridgehead atoms. The Labute approximate surface area is 170 Å². The molecule has 0 saturated carbocycles. The summed E-state index contributed by atoms with van der Waals surface area (Å²) in [5.74, 6) is 1.63. The van der Waals surface area contributed by atoms with E-state index in [4.69, 9.17) is 10.5 Å². The lowest BCUT2D eigenvalue weighted by atomic mass is 10.1. The minimum atomic E-state index is -0.0778. The van der Waals surface area contributed by atoms with E-state index in [-0.39, 0.29) is 6.04 Å². The van der Waals surface area contributed by atoms with Crippen LogP contribution in [0, 0.1) is 0 Å². The predicted octanol–water partition coefficient (Wildman–Crippen LogP) is 3.64. The van der Waals surface area contributed by atoms with Crippen molar-refractivity contribution in [2.75, 3.05) is 25.6 Å². The zero-order chi connectivity index (χ0) is 20.2. The summed E-state index contributed by atoms with van der Waals surface area (Å²) in [4.78, 5) is 6.34. The molecule has 0 radical (unpaired) electrons. The average molecular weight is 387 g/mol. The van der Waals surface area contributed by atoms with E-state index in [2.05, 4.69) is 39.4 Å². The number of aromatic amines is 1. The van der Waals surface area contributed by atoms with Crippen LogP contribution in [0.1, 0.15) is 5.56 Å². The molecule has 0 aliphatic heterocycles. The Hall–Kier alpha value is -3.38. The number of hydrogen-bond donors (Lipinski definition) is 2. The van der Waals surface area contributed by atoms with Gasteiger partial charge in [-0.1, -0.05) is 36.4 Å². The minimum Gasteiger partial charge on any atom is -0.490 e. The van der Waals surface area contributed by atoms with Crippen molar-refractivity contribution < 1.29 is 4.74 Å². The molecule has 3 N–H and O–H groups in total. The van der Waals surface area contributed by atoms with Gasteiger partial charge in [-0.3, -0.25) is 10.1 Å². The highest BCUT2D eigenvalue weighted by Gasteiger charge is 2.10. The van der Waals surface area contributed by atoms with Crippen LogP contribution in [0.25, 0.3) is 22.0 Å². The van der Waals surface area contributed by atoms with Crippen molar-refractivity contribution in [2.24, 2.45) is 5.73 Å². The van der Waals surface area contributed by atoms with Gasteiger partial charge in [-0.25, -0.2) is 0 Å². The molecule has 4 aromatic rings. The SMILES string of the molecule is CN(C)c1n[nH]c2ccc(-c3cncc(OCC(N)Cc4ccccc4)c3)cc12.